The zero-order valence-electron chi connectivity index (χ0n) is 17.6. The highest BCUT2D eigenvalue weighted by Crippen LogP contribution is 2.21. The summed E-state index contributed by atoms with van der Waals surface area (Å²) in [5.41, 5.74) is 4.27. The first-order valence-electron chi connectivity index (χ1n) is 11.0. The van der Waals surface area contributed by atoms with Gasteiger partial charge in [-0.25, -0.2) is 0 Å². The molecule has 1 aliphatic carbocycles. The Hall–Kier alpha value is -3.40. The van der Waals surface area contributed by atoms with Crippen LogP contribution in [-0.4, -0.2) is 17.9 Å². The van der Waals surface area contributed by atoms with Crippen molar-refractivity contribution in [3.8, 4) is 11.1 Å². The molecule has 1 fully saturated rings. The molecule has 1 aliphatic rings. The molecule has 0 heterocycles. The molecule has 2 N–H and O–H groups in total. The van der Waals surface area contributed by atoms with Crippen molar-refractivity contribution >= 4 is 17.5 Å². The number of hydrogen-bond donors (Lipinski definition) is 2. The highest BCUT2D eigenvalue weighted by Gasteiger charge is 2.19. The molecule has 3 aromatic carbocycles. The van der Waals surface area contributed by atoms with Crippen LogP contribution in [0, 0.1) is 0 Å². The van der Waals surface area contributed by atoms with Gasteiger partial charge < -0.3 is 10.6 Å². The summed E-state index contributed by atoms with van der Waals surface area (Å²) in [5.74, 6) is -0.250. The third-order valence-corrected chi connectivity index (χ3v) is 5.81. The van der Waals surface area contributed by atoms with Crippen molar-refractivity contribution in [2.24, 2.45) is 0 Å². The van der Waals surface area contributed by atoms with Gasteiger partial charge in [0.2, 0.25) is 5.91 Å². The largest absolute Gasteiger partial charge is 0.349 e. The maximum absolute atomic E-state index is 12.8. The number of amides is 2. The Labute approximate surface area is 183 Å². The first kappa shape index (κ1) is 20.9. The molecule has 0 aliphatic heterocycles. The van der Waals surface area contributed by atoms with E-state index in [9.17, 15) is 9.59 Å². The van der Waals surface area contributed by atoms with E-state index in [1.54, 1.807) is 12.1 Å². The second-order valence-corrected chi connectivity index (χ2v) is 8.14. The minimum Gasteiger partial charge on any atom is -0.349 e. The third kappa shape index (κ3) is 5.60. The van der Waals surface area contributed by atoms with E-state index < -0.39 is 0 Å². The minimum atomic E-state index is -0.134. The Bertz CT molecular complexity index is 1020. The van der Waals surface area contributed by atoms with Gasteiger partial charge in [-0.3, -0.25) is 9.59 Å². The van der Waals surface area contributed by atoms with Crippen molar-refractivity contribution in [1.29, 1.82) is 0 Å². The van der Waals surface area contributed by atoms with Crippen LogP contribution in [0.15, 0.2) is 78.9 Å². The number of benzene rings is 3. The number of para-hydroxylation sites is 1. The lowest BCUT2D eigenvalue weighted by Crippen LogP contribution is -2.36. The van der Waals surface area contributed by atoms with Gasteiger partial charge in [-0.2, -0.15) is 0 Å². The molecular formula is C27H28N2O2. The van der Waals surface area contributed by atoms with Crippen LogP contribution in [0.25, 0.3) is 11.1 Å². The molecule has 0 bridgehead atoms. The molecular weight excluding hydrogens is 384 g/mol. The Kier molecular flexibility index (Phi) is 6.78. The molecule has 0 unspecified atom stereocenters. The molecule has 4 nitrogen and oxygen atoms in total. The van der Waals surface area contributed by atoms with Gasteiger partial charge in [0.15, 0.2) is 0 Å². The van der Waals surface area contributed by atoms with Crippen molar-refractivity contribution in [3.05, 3.63) is 90.0 Å². The molecule has 4 rings (SSSR count). The molecule has 0 spiro atoms. The molecule has 0 atom stereocenters. The van der Waals surface area contributed by atoms with Crippen LogP contribution in [0.3, 0.4) is 0 Å². The average Bonchev–Trinajstić information content (AvgIpc) is 2.81. The summed E-state index contributed by atoms with van der Waals surface area (Å²) < 4.78 is 0. The second-order valence-electron chi connectivity index (χ2n) is 8.14. The van der Waals surface area contributed by atoms with Gasteiger partial charge in [0.05, 0.1) is 17.7 Å². The van der Waals surface area contributed by atoms with E-state index in [0.717, 1.165) is 42.4 Å². The highest BCUT2D eigenvalue weighted by atomic mass is 16.2. The van der Waals surface area contributed by atoms with Gasteiger partial charge in [-0.05, 0) is 41.7 Å². The highest BCUT2D eigenvalue weighted by molar-refractivity contribution is 6.04. The lowest BCUT2D eigenvalue weighted by molar-refractivity contribution is -0.115. The average molecular weight is 413 g/mol. The lowest BCUT2D eigenvalue weighted by atomic mass is 9.95. The standard InChI is InChI=1S/C27H28N2O2/c30-26(19-20-15-17-22(18-16-20)21-9-3-1-4-10-21)29-25-14-8-7-13-24(25)27(31)28-23-11-5-2-6-12-23/h1,3-4,7-10,13-18,23H,2,5-6,11-12,19H2,(H,28,31)(H,29,30). The van der Waals surface area contributed by atoms with Gasteiger partial charge in [0.25, 0.3) is 5.91 Å². The predicted octanol–water partition coefficient (Wildman–Crippen LogP) is 5.60. The Morgan fingerprint density at radius 2 is 1.39 bits per heavy atom. The zero-order valence-corrected chi connectivity index (χ0v) is 17.6. The van der Waals surface area contributed by atoms with E-state index in [1.165, 1.54) is 6.42 Å². The minimum absolute atomic E-state index is 0.116. The van der Waals surface area contributed by atoms with Crippen LogP contribution >= 0.6 is 0 Å². The molecule has 4 heteroatoms. The van der Waals surface area contributed by atoms with Gasteiger partial charge in [-0.15, -0.1) is 0 Å². The molecule has 0 saturated heterocycles. The summed E-state index contributed by atoms with van der Waals surface area (Å²) in [6.07, 6.45) is 5.87. The van der Waals surface area contributed by atoms with Crippen LogP contribution in [-0.2, 0) is 11.2 Å². The number of carbonyl (C=O) groups excluding carboxylic acids is 2. The van der Waals surface area contributed by atoms with Crippen LogP contribution in [0.5, 0.6) is 0 Å². The summed E-state index contributed by atoms with van der Waals surface area (Å²) >= 11 is 0. The summed E-state index contributed by atoms with van der Waals surface area (Å²) in [5, 5.41) is 6.05. The lowest BCUT2D eigenvalue weighted by Gasteiger charge is -2.23. The van der Waals surface area contributed by atoms with E-state index in [4.69, 9.17) is 0 Å². The monoisotopic (exact) mass is 412 g/mol. The summed E-state index contributed by atoms with van der Waals surface area (Å²) in [4.78, 5) is 25.4. The fraction of sp³-hybridized carbons (Fsp3) is 0.259. The number of nitrogens with one attached hydrogen (secondary N) is 2. The summed E-state index contributed by atoms with van der Waals surface area (Å²) in [6.45, 7) is 0. The van der Waals surface area contributed by atoms with Gasteiger partial charge in [0.1, 0.15) is 0 Å². The maximum Gasteiger partial charge on any atom is 0.253 e. The van der Waals surface area contributed by atoms with Crippen molar-refractivity contribution < 1.29 is 9.59 Å². The van der Waals surface area contributed by atoms with E-state index in [-0.39, 0.29) is 24.3 Å². The van der Waals surface area contributed by atoms with Crippen molar-refractivity contribution in [2.75, 3.05) is 5.32 Å². The topological polar surface area (TPSA) is 58.2 Å². The molecule has 2 amide bonds. The van der Waals surface area contributed by atoms with Crippen LogP contribution in [0.2, 0.25) is 0 Å². The van der Waals surface area contributed by atoms with Crippen LogP contribution < -0.4 is 10.6 Å². The van der Waals surface area contributed by atoms with Crippen molar-refractivity contribution in [1.82, 2.24) is 5.32 Å². The molecule has 0 radical (unpaired) electrons. The first-order valence-corrected chi connectivity index (χ1v) is 11.0. The fourth-order valence-corrected chi connectivity index (χ4v) is 4.13. The van der Waals surface area contributed by atoms with E-state index in [1.807, 2.05) is 54.6 Å². The van der Waals surface area contributed by atoms with Gasteiger partial charge in [-0.1, -0.05) is 86.0 Å². The number of rotatable bonds is 6. The summed E-state index contributed by atoms with van der Waals surface area (Å²) in [6, 6.07) is 25.6. The quantitative estimate of drug-likeness (QED) is 0.554. The van der Waals surface area contributed by atoms with Crippen molar-refractivity contribution in [3.63, 3.8) is 0 Å². The molecule has 0 aromatic heterocycles. The van der Waals surface area contributed by atoms with Crippen molar-refractivity contribution in [2.45, 2.75) is 44.6 Å². The predicted molar refractivity (Wildman–Crippen MR) is 125 cm³/mol. The Morgan fingerprint density at radius 3 is 2.13 bits per heavy atom. The first-order chi connectivity index (χ1) is 15.2. The van der Waals surface area contributed by atoms with E-state index in [0.29, 0.717) is 11.3 Å². The molecule has 158 valence electrons. The fourth-order valence-electron chi connectivity index (χ4n) is 4.13. The maximum atomic E-state index is 12.8. The Morgan fingerprint density at radius 1 is 0.742 bits per heavy atom. The zero-order chi connectivity index (χ0) is 21.5. The van der Waals surface area contributed by atoms with Crippen LogP contribution in [0.1, 0.15) is 48.0 Å². The number of hydrogen-bond acceptors (Lipinski definition) is 2. The SMILES string of the molecule is O=C(Cc1ccc(-c2ccccc2)cc1)Nc1ccccc1C(=O)NC1CCCCC1. The van der Waals surface area contributed by atoms with Gasteiger partial charge >= 0.3 is 0 Å². The molecule has 1 saturated carbocycles. The normalized spacial score (nSPS) is 14.1. The van der Waals surface area contributed by atoms with Gasteiger partial charge in [0, 0.05) is 6.04 Å². The molecule has 3 aromatic rings. The number of carbonyl (C=O) groups is 2. The second kappa shape index (κ2) is 10.1. The van der Waals surface area contributed by atoms with E-state index >= 15 is 0 Å². The molecule has 31 heavy (non-hydrogen) atoms. The summed E-state index contributed by atoms with van der Waals surface area (Å²) in [7, 11) is 0. The Balaban J connectivity index is 1.39. The smallest absolute Gasteiger partial charge is 0.253 e. The number of anilines is 1. The van der Waals surface area contributed by atoms with Crippen LogP contribution in [0.4, 0.5) is 5.69 Å². The van der Waals surface area contributed by atoms with E-state index in [2.05, 4.69) is 22.8 Å². The third-order valence-electron chi connectivity index (χ3n) is 5.81.